The minimum atomic E-state index is -2.61. The van der Waals surface area contributed by atoms with Crippen molar-refractivity contribution in [3.8, 4) is 0 Å². The van der Waals surface area contributed by atoms with Gasteiger partial charge in [0.05, 0.1) is 0 Å². The van der Waals surface area contributed by atoms with Crippen LogP contribution in [0.3, 0.4) is 0 Å². The molecule has 1 amide bonds. The Labute approximate surface area is 135 Å². The fourth-order valence-corrected chi connectivity index (χ4v) is 4.48. The van der Waals surface area contributed by atoms with Gasteiger partial charge in [-0.3, -0.25) is 9.48 Å². The maximum Gasteiger partial charge on any atom is 0.282 e. The number of aryl methyl sites for hydroxylation is 1. The molecule has 128 valence electrons. The van der Waals surface area contributed by atoms with Crippen molar-refractivity contribution in [2.75, 3.05) is 0 Å². The summed E-state index contributed by atoms with van der Waals surface area (Å²) in [5.41, 5.74) is 0.304. The van der Waals surface area contributed by atoms with Crippen LogP contribution >= 0.6 is 0 Å². The number of carbonyl (C=O) groups excluding carboxylic acids is 1. The van der Waals surface area contributed by atoms with E-state index in [1.165, 1.54) is 36.4 Å². The van der Waals surface area contributed by atoms with E-state index in [0.717, 1.165) is 11.8 Å². The lowest BCUT2D eigenvalue weighted by Crippen LogP contribution is -2.43. The van der Waals surface area contributed by atoms with Crippen LogP contribution in [-0.2, 0) is 4.79 Å². The molecule has 2 aliphatic carbocycles. The number of rotatable bonds is 5. The van der Waals surface area contributed by atoms with Gasteiger partial charge in [-0.2, -0.15) is 5.10 Å². The first-order chi connectivity index (χ1) is 10.9. The van der Waals surface area contributed by atoms with Crippen molar-refractivity contribution in [2.24, 2.45) is 17.8 Å². The quantitative estimate of drug-likeness (QED) is 0.898. The molecule has 1 aromatic heterocycles. The number of hydrogen-bond acceptors (Lipinski definition) is 2. The van der Waals surface area contributed by atoms with Crippen molar-refractivity contribution >= 4 is 5.91 Å². The zero-order chi connectivity index (χ0) is 16.7. The molecule has 2 bridgehead atoms. The molecule has 0 aliphatic heterocycles. The number of alkyl halides is 2. The normalized spacial score (nSPS) is 29.0. The third-order valence-electron chi connectivity index (χ3n) is 5.72. The van der Waals surface area contributed by atoms with Crippen LogP contribution in [0.5, 0.6) is 0 Å². The van der Waals surface area contributed by atoms with Crippen molar-refractivity contribution < 1.29 is 13.6 Å². The first kappa shape index (κ1) is 16.4. The summed E-state index contributed by atoms with van der Waals surface area (Å²) in [5, 5.41) is 6.96. The van der Waals surface area contributed by atoms with Gasteiger partial charge in [-0.05, 0) is 63.9 Å². The van der Waals surface area contributed by atoms with Gasteiger partial charge < -0.3 is 5.32 Å². The fraction of sp³-hybridized carbons (Fsp3) is 0.765. The van der Waals surface area contributed by atoms with Crippen molar-refractivity contribution in [1.82, 2.24) is 15.1 Å². The predicted molar refractivity (Wildman–Crippen MR) is 83.2 cm³/mol. The van der Waals surface area contributed by atoms with Gasteiger partial charge in [0.25, 0.3) is 6.43 Å². The number of amides is 1. The molecule has 6 heteroatoms. The lowest BCUT2D eigenvalue weighted by Gasteiger charge is -2.29. The molecule has 0 aromatic carbocycles. The number of nitrogens with zero attached hydrogens (tertiary/aromatic N) is 2. The van der Waals surface area contributed by atoms with Crippen LogP contribution in [0.25, 0.3) is 0 Å². The van der Waals surface area contributed by atoms with Crippen molar-refractivity contribution in [3.05, 3.63) is 17.5 Å². The molecular weight excluding hydrogens is 300 g/mol. The van der Waals surface area contributed by atoms with E-state index in [0.29, 0.717) is 11.6 Å². The largest absolute Gasteiger partial charge is 0.352 e. The summed E-state index contributed by atoms with van der Waals surface area (Å²) < 4.78 is 26.9. The first-order valence-corrected chi connectivity index (χ1v) is 8.51. The molecule has 23 heavy (non-hydrogen) atoms. The van der Waals surface area contributed by atoms with Crippen LogP contribution in [0.2, 0.25) is 0 Å². The highest BCUT2D eigenvalue weighted by molar-refractivity contribution is 5.80. The second kappa shape index (κ2) is 6.21. The molecule has 2 aliphatic rings. The molecule has 1 aromatic rings. The maximum atomic E-state index is 12.7. The van der Waals surface area contributed by atoms with Crippen LogP contribution in [0.15, 0.2) is 6.07 Å². The summed E-state index contributed by atoms with van der Waals surface area (Å²) in [7, 11) is 0. The highest BCUT2D eigenvalue weighted by Crippen LogP contribution is 2.49. The number of carbonyl (C=O) groups is 1. The lowest BCUT2D eigenvalue weighted by molar-refractivity contribution is -0.125. The zero-order valence-electron chi connectivity index (χ0n) is 13.9. The zero-order valence-corrected chi connectivity index (χ0v) is 13.9. The Morgan fingerprint density at radius 1 is 1.35 bits per heavy atom. The van der Waals surface area contributed by atoms with Gasteiger partial charge in [0.2, 0.25) is 5.91 Å². The Bertz CT molecular complexity index is 586. The molecule has 2 saturated carbocycles. The predicted octanol–water partition coefficient (Wildman–Crippen LogP) is 3.63. The number of nitrogens with one attached hydrogen (secondary N) is 1. The number of halogens is 2. The highest BCUT2D eigenvalue weighted by atomic mass is 19.3. The number of fused-ring (bicyclic) bond motifs is 2. The minimum absolute atomic E-state index is 0.130. The highest BCUT2D eigenvalue weighted by Gasteiger charge is 2.42. The molecule has 1 heterocycles. The van der Waals surface area contributed by atoms with Crippen molar-refractivity contribution in [2.45, 2.75) is 65.0 Å². The average Bonchev–Trinajstić information content (AvgIpc) is 3.20. The average molecular weight is 325 g/mol. The number of aromatic nitrogens is 2. The summed E-state index contributed by atoms with van der Waals surface area (Å²) in [6.07, 6.45) is 2.51. The van der Waals surface area contributed by atoms with Gasteiger partial charge >= 0.3 is 0 Å². The Kier molecular flexibility index (Phi) is 4.43. The molecule has 4 nitrogen and oxygen atoms in total. The summed E-state index contributed by atoms with van der Waals surface area (Å²) in [6, 6.07) is 0.891. The lowest BCUT2D eigenvalue weighted by atomic mass is 9.84. The fourth-order valence-electron chi connectivity index (χ4n) is 4.48. The second-order valence-electron chi connectivity index (χ2n) is 7.27. The van der Waals surface area contributed by atoms with Gasteiger partial charge in [0, 0.05) is 11.7 Å². The van der Waals surface area contributed by atoms with Crippen LogP contribution in [0.4, 0.5) is 8.78 Å². The summed E-state index contributed by atoms with van der Waals surface area (Å²) in [4.78, 5) is 12.5. The van der Waals surface area contributed by atoms with E-state index in [9.17, 15) is 13.6 Å². The molecular formula is C17H25F2N3O. The third kappa shape index (κ3) is 3.12. The molecule has 2 fully saturated rings. The maximum absolute atomic E-state index is 12.7. The van der Waals surface area contributed by atoms with Gasteiger partial charge in [-0.25, -0.2) is 8.78 Å². The second-order valence-corrected chi connectivity index (χ2v) is 7.27. The Hall–Kier alpha value is -1.46. The van der Waals surface area contributed by atoms with E-state index in [1.54, 1.807) is 13.8 Å². The van der Waals surface area contributed by atoms with Gasteiger partial charge in [0.1, 0.15) is 11.7 Å². The van der Waals surface area contributed by atoms with E-state index < -0.39 is 12.5 Å². The van der Waals surface area contributed by atoms with Crippen molar-refractivity contribution in [3.63, 3.8) is 0 Å². The Balaban J connectivity index is 1.63. The molecule has 5 atom stereocenters. The summed E-state index contributed by atoms with van der Waals surface area (Å²) in [5.74, 6) is 1.98. The van der Waals surface area contributed by atoms with Gasteiger partial charge in [0.15, 0.2) is 0 Å². The molecule has 0 spiro atoms. The van der Waals surface area contributed by atoms with Crippen LogP contribution in [0, 0.1) is 24.7 Å². The van der Waals surface area contributed by atoms with Gasteiger partial charge in [-0.1, -0.05) is 6.42 Å². The van der Waals surface area contributed by atoms with E-state index in [2.05, 4.69) is 17.3 Å². The van der Waals surface area contributed by atoms with E-state index in [1.807, 2.05) is 0 Å². The third-order valence-corrected chi connectivity index (χ3v) is 5.72. The van der Waals surface area contributed by atoms with E-state index >= 15 is 0 Å². The summed E-state index contributed by atoms with van der Waals surface area (Å²) in [6.45, 7) is 5.47. The van der Waals surface area contributed by atoms with E-state index in [4.69, 9.17) is 0 Å². The van der Waals surface area contributed by atoms with Crippen molar-refractivity contribution in [1.29, 1.82) is 0 Å². The molecule has 5 unspecified atom stereocenters. The Morgan fingerprint density at radius 3 is 2.61 bits per heavy atom. The van der Waals surface area contributed by atoms with Crippen LogP contribution in [0.1, 0.15) is 63.4 Å². The summed E-state index contributed by atoms with van der Waals surface area (Å²) >= 11 is 0. The van der Waals surface area contributed by atoms with E-state index in [-0.39, 0.29) is 17.6 Å². The van der Waals surface area contributed by atoms with Gasteiger partial charge in [-0.15, -0.1) is 0 Å². The van der Waals surface area contributed by atoms with Crippen LogP contribution < -0.4 is 5.32 Å². The molecule has 1 N–H and O–H groups in total. The standard InChI is InChI=1S/C17H25F2N3O/c1-9-6-15(16(18)19)21-22(9)11(3)17(23)20-10(2)14-8-12-4-5-13(14)7-12/h6,10-14,16H,4-5,7-8H2,1-3H3,(H,20,23). The van der Waals surface area contributed by atoms with Crippen LogP contribution in [-0.4, -0.2) is 21.7 Å². The monoisotopic (exact) mass is 325 g/mol. The smallest absolute Gasteiger partial charge is 0.282 e. The number of hydrogen-bond donors (Lipinski definition) is 1. The SMILES string of the molecule is Cc1cc(C(F)F)nn1C(C)C(=O)NC(C)C1CC2CCC1C2. The topological polar surface area (TPSA) is 46.9 Å². The minimum Gasteiger partial charge on any atom is -0.352 e. The molecule has 0 saturated heterocycles. The Morgan fingerprint density at radius 2 is 2.09 bits per heavy atom. The first-order valence-electron chi connectivity index (χ1n) is 8.51. The molecule has 0 radical (unpaired) electrons. The molecule has 3 rings (SSSR count).